The molecule has 2 saturated carbocycles. The summed E-state index contributed by atoms with van der Waals surface area (Å²) in [5.41, 5.74) is 0.694. The van der Waals surface area contributed by atoms with Crippen LogP contribution in [0.5, 0.6) is 0 Å². The standard InChI is InChI=1S/C26H50/c1-4-6-8-10-12-20-26(3)21-18-25(19-22-26)24-16-14-23(15-17-24)13-11-9-7-5-2/h23-25H,4-22H2,1-3H3/t23?,24?,25-,26-. The van der Waals surface area contributed by atoms with Gasteiger partial charge in [0.1, 0.15) is 0 Å². The van der Waals surface area contributed by atoms with Crippen LogP contribution >= 0.6 is 0 Å². The summed E-state index contributed by atoms with van der Waals surface area (Å²) in [6.07, 6.45) is 28.5. The van der Waals surface area contributed by atoms with E-state index in [1.165, 1.54) is 83.5 Å². The number of hydrogen-bond acceptors (Lipinski definition) is 0. The van der Waals surface area contributed by atoms with Gasteiger partial charge in [0.25, 0.3) is 0 Å². The Morgan fingerprint density at radius 2 is 1.15 bits per heavy atom. The Kier molecular flexibility index (Phi) is 10.7. The van der Waals surface area contributed by atoms with Gasteiger partial charge in [-0.1, -0.05) is 97.8 Å². The molecule has 0 heteroatoms. The number of unbranched alkanes of at least 4 members (excludes halogenated alkanes) is 7. The summed E-state index contributed by atoms with van der Waals surface area (Å²) < 4.78 is 0. The molecule has 2 aliphatic rings. The van der Waals surface area contributed by atoms with Crippen LogP contribution in [0.4, 0.5) is 0 Å². The van der Waals surface area contributed by atoms with E-state index in [-0.39, 0.29) is 0 Å². The van der Waals surface area contributed by atoms with E-state index >= 15 is 0 Å². The van der Waals surface area contributed by atoms with Gasteiger partial charge in [-0.25, -0.2) is 0 Å². The smallest absolute Gasteiger partial charge is 0.0326 e. The molecule has 0 nitrogen and oxygen atoms in total. The van der Waals surface area contributed by atoms with E-state index < -0.39 is 0 Å². The monoisotopic (exact) mass is 362 g/mol. The van der Waals surface area contributed by atoms with Crippen LogP contribution in [0.2, 0.25) is 0 Å². The third-order valence-electron chi connectivity index (χ3n) is 8.15. The van der Waals surface area contributed by atoms with Crippen LogP contribution in [0.1, 0.15) is 143 Å². The largest absolute Gasteiger partial charge is 0.0654 e. The predicted molar refractivity (Wildman–Crippen MR) is 118 cm³/mol. The van der Waals surface area contributed by atoms with Gasteiger partial charge in [0, 0.05) is 0 Å². The van der Waals surface area contributed by atoms with Gasteiger partial charge in [0.05, 0.1) is 0 Å². The molecule has 2 aliphatic carbocycles. The lowest BCUT2D eigenvalue weighted by Crippen LogP contribution is -2.30. The zero-order valence-corrected chi connectivity index (χ0v) is 18.7. The Balaban J connectivity index is 1.58. The molecule has 0 bridgehead atoms. The lowest BCUT2D eigenvalue weighted by atomic mass is 9.63. The first kappa shape index (κ1) is 22.3. The van der Waals surface area contributed by atoms with Crippen LogP contribution in [0.25, 0.3) is 0 Å². The minimum atomic E-state index is 0.694. The molecule has 0 N–H and O–H groups in total. The molecule has 0 aromatic rings. The van der Waals surface area contributed by atoms with Crippen LogP contribution < -0.4 is 0 Å². The first-order valence-corrected chi connectivity index (χ1v) is 12.7. The van der Waals surface area contributed by atoms with E-state index in [1.807, 2.05) is 0 Å². The van der Waals surface area contributed by atoms with E-state index in [9.17, 15) is 0 Å². The molecule has 0 spiro atoms. The molecule has 0 aromatic carbocycles. The van der Waals surface area contributed by atoms with Gasteiger partial charge in [-0.05, 0) is 68.1 Å². The fourth-order valence-electron chi connectivity index (χ4n) is 6.02. The maximum absolute atomic E-state index is 2.61. The van der Waals surface area contributed by atoms with Gasteiger partial charge in [0.15, 0.2) is 0 Å². The highest BCUT2D eigenvalue weighted by molar-refractivity contribution is 4.86. The maximum atomic E-state index is 2.61. The van der Waals surface area contributed by atoms with E-state index in [4.69, 9.17) is 0 Å². The molecule has 0 unspecified atom stereocenters. The van der Waals surface area contributed by atoms with Gasteiger partial charge in [-0.2, -0.15) is 0 Å². The Bertz CT molecular complexity index is 328. The van der Waals surface area contributed by atoms with Gasteiger partial charge < -0.3 is 0 Å². The zero-order chi connectivity index (χ0) is 18.7. The van der Waals surface area contributed by atoms with Gasteiger partial charge in [-0.3, -0.25) is 0 Å². The first-order valence-electron chi connectivity index (χ1n) is 12.7. The summed E-state index contributed by atoms with van der Waals surface area (Å²) in [7, 11) is 0. The average Bonchev–Trinajstić information content (AvgIpc) is 2.66. The molecule has 0 atom stereocenters. The van der Waals surface area contributed by atoms with E-state index in [0.717, 1.165) is 17.8 Å². The summed E-state index contributed by atoms with van der Waals surface area (Å²) in [6.45, 7) is 7.26. The van der Waals surface area contributed by atoms with Crippen molar-refractivity contribution in [3.63, 3.8) is 0 Å². The van der Waals surface area contributed by atoms with Crippen LogP contribution in [0.3, 0.4) is 0 Å². The third-order valence-corrected chi connectivity index (χ3v) is 8.15. The fraction of sp³-hybridized carbons (Fsp3) is 1.00. The Labute approximate surface area is 166 Å². The number of rotatable bonds is 12. The second-order valence-electron chi connectivity index (χ2n) is 10.4. The van der Waals surface area contributed by atoms with Crippen LogP contribution in [0, 0.1) is 23.2 Å². The van der Waals surface area contributed by atoms with Crippen molar-refractivity contribution in [1.82, 2.24) is 0 Å². The maximum Gasteiger partial charge on any atom is -0.0326 e. The van der Waals surface area contributed by atoms with Gasteiger partial charge in [0.2, 0.25) is 0 Å². The van der Waals surface area contributed by atoms with Gasteiger partial charge in [-0.15, -0.1) is 0 Å². The molecule has 0 aromatic heterocycles. The van der Waals surface area contributed by atoms with Crippen LogP contribution in [0.15, 0.2) is 0 Å². The van der Waals surface area contributed by atoms with Crippen molar-refractivity contribution in [1.29, 1.82) is 0 Å². The van der Waals surface area contributed by atoms with E-state index in [1.54, 1.807) is 38.5 Å². The molecule has 2 rings (SSSR count). The highest BCUT2D eigenvalue weighted by Crippen LogP contribution is 2.47. The second kappa shape index (κ2) is 12.5. The molecule has 154 valence electrons. The lowest BCUT2D eigenvalue weighted by Gasteiger charge is -2.42. The Morgan fingerprint density at radius 3 is 1.77 bits per heavy atom. The summed E-state index contributed by atoms with van der Waals surface area (Å²) in [4.78, 5) is 0. The predicted octanol–water partition coefficient (Wildman–Crippen LogP) is 9.32. The topological polar surface area (TPSA) is 0 Å². The highest BCUT2D eigenvalue weighted by Gasteiger charge is 2.35. The summed E-state index contributed by atoms with van der Waals surface area (Å²) in [6, 6.07) is 0. The van der Waals surface area contributed by atoms with Gasteiger partial charge >= 0.3 is 0 Å². The molecular weight excluding hydrogens is 312 g/mol. The van der Waals surface area contributed by atoms with Crippen LogP contribution in [-0.2, 0) is 0 Å². The molecule has 0 radical (unpaired) electrons. The van der Waals surface area contributed by atoms with Crippen LogP contribution in [-0.4, -0.2) is 0 Å². The van der Waals surface area contributed by atoms with E-state index in [0.29, 0.717) is 5.41 Å². The molecule has 0 heterocycles. The third kappa shape index (κ3) is 7.93. The quantitative estimate of drug-likeness (QED) is 0.303. The van der Waals surface area contributed by atoms with Crippen molar-refractivity contribution >= 4 is 0 Å². The Hall–Kier alpha value is 0. The highest BCUT2D eigenvalue weighted by atomic mass is 14.4. The average molecular weight is 363 g/mol. The number of hydrogen-bond donors (Lipinski definition) is 0. The molecule has 0 amide bonds. The summed E-state index contributed by atoms with van der Waals surface area (Å²) in [5.74, 6) is 3.26. The molecule has 2 fully saturated rings. The molecule has 0 aliphatic heterocycles. The molecule has 0 saturated heterocycles. The summed E-state index contributed by atoms with van der Waals surface area (Å²) >= 11 is 0. The minimum absolute atomic E-state index is 0.694. The molecule has 26 heavy (non-hydrogen) atoms. The Morgan fingerprint density at radius 1 is 0.615 bits per heavy atom. The molecular formula is C26H50. The SMILES string of the molecule is CCCCCCC[C@]1(C)CC[C@@H](C2CCC(CCCCCC)CC2)CC1. The summed E-state index contributed by atoms with van der Waals surface area (Å²) in [5, 5.41) is 0. The van der Waals surface area contributed by atoms with Crippen molar-refractivity contribution in [3.05, 3.63) is 0 Å². The van der Waals surface area contributed by atoms with Crippen molar-refractivity contribution in [3.8, 4) is 0 Å². The first-order chi connectivity index (χ1) is 12.7. The van der Waals surface area contributed by atoms with E-state index in [2.05, 4.69) is 20.8 Å². The fourth-order valence-corrected chi connectivity index (χ4v) is 6.02. The van der Waals surface area contributed by atoms with Crippen molar-refractivity contribution in [2.24, 2.45) is 23.2 Å². The second-order valence-corrected chi connectivity index (χ2v) is 10.4. The van der Waals surface area contributed by atoms with Crippen molar-refractivity contribution in [2.75, 3.05) is 0 Å². The normalized spacial score (nSPS) is 32.7. The van der Waals surface area contributed by atoms with Crippen molar-refractivity contribution in [2.45, 2.75) is 143 Å². The lowest BCUT2D eigenvalue weighted by molar-refractivity contribution is 0.0948. The minimum Gasteiger partial charge on any atom is -0.0654 e. The van der Waals surface area contributed by atoms with Crippen molar-refractivity contribution < 1.29 is 0 Å². The zero-order valence-electron chi connectivity index (χ0n) is 18.7.